The predicted octanol–water partition coefficient (Wildman–Crippen LogP) is 0.598. The van der Waals surface area contributed by atoms with Crippen molar-refractivity contribution >= 4 is 23.0 Å². The highest BCUT2D eigenvalue weighted by Crippen LogP contribution is 1.81. The zero-order valence-corrected chi connectivity index (χ0v) is 6.88. The summed E-state index contributed by atoms with van der Waals surface area (Å²) in [5.74, 6) is -0.486. The lowest BCUT2D eigenvalue weighted by Crippen LogP contribution is -2.21. The number of esters is 1. The van der Waals surface area contributed by atoms with Crippen LogP contribution in [0.15, 0.2) is 12.7 Å². The quantitative estimate of drug-likeness (QED) is 0.399. The lowest BCUT2D eigenvalue weighted by Gasteiger charge is -2.02. The minimum absolute atomic E-state index is 0. The molecular weight excluding hydrogens is 186 g/mol. The number of halogens is 1. The van der Waals surface area contributed by atoms with E-state index in [0.29, 0.717) is 0 Å². The third-order valence-corrected chi connectivity index (χ3v) is 0.469. The smallest absolute Gasteiger partial charge is 0.331 e. The molecule has 0 aromatic carbocycles. The fourth-order valence-corrected chi connectivity index (χ4v) is 0.231. The highest BCUT2D eigenvalue weighted by Gasteiger charge is 1.96. The Balaban J connectivity index is 0. The topological polar surface area (TPSA) is 52.3 Å². The van der Waals surface area contributed by atoms with Crippen LogP contribution in [-0.2, 0) is 9.53 Å². The van der Waals surface area contributed by atoms with Gasteiger partial charge in [-0.15, -0.1) is 17.0 Å². The molecule has 0 aliphatic heterocycles. The molecule has 0 spiro atoms. The third-order valence-electron chi connectivity index (χ3n) is 0.469. The molecule has 0 aromatic rings. The summed E-state index contributed by atoms with van der Waals surface area (Å²) < 4.78 is 4.42. The summed E-state index contributed by atoms with van der Waals surface area (Å²) in [6, 6.07) is 0. The Labute approximate surface area is 64.6 Å². The lowest BCUT2D eigenvalue weighted by molar-refractivity contribution is -0.141. The summed E-state index contributed by atoms with van der Waals surface area (Å²) in [5, 5.41) is 0. The van der Waals surface area contributed by atoms with Crippen molar-refractivity contribution in [3.8, 4) is 0 Å². The van der Waals surface area contributed by atoms with Crippen LogP contribution in [0.1, 0.15) is 6.92 Å². The normalized spacial score (nSPS) is 10.9. The van der Waals surface area contributed by atoms with Crippen molar-refractivity contribution in [1.29, 1.82) is 0 Å². The molecule has 0 rings (SSSR count). The molecule has 3 nitrogen and oxygen atoms in total. The van der Waals surface area contributed by atoms with Crippen molar-refractivity contribution in [3.05, 3.63) is 12.7 Å². The Morgan fingerprint density at radius 2 is 2.33 bits per heavy atom. The first-order valence-corrected chi connectivity index (χ1v) is 2.25. The molecule has 54 valence electrons. The van der Waals surface area contributed by atoms with Crippen molar-refractivity contribution in [2.24, 2.45) is 5.73 Å². The van der Waals surface area contributed by atoms with Crippen LogP contribution in [-0.4, -0.2) is 12.2 Å². The molecule has 0 radical (unpaired) electrons. The molecule has 0 heterocycles. The summed E-state index contributed by atoms with van der Waals surface area (Å²) >= 11 is 0. The highest BCUT2D eigenvalue weighted by atomic mass is 79.9. The molecule has 0 bridgehead atoms. The predicted molar refractivity (Wildman–Crippen MR) is 40.3 cm³/mol. The summed E-state index contributed by atoms with van der Waals surface area (Å²) in [5.41, 5.74) is 5.08. The van der Waals surface area contributed by atoms with E-state index < -0.39 is 12.2 Å². The van der Waals surface area contributed by atoms with E-state index in [4.69, 9.17) is 5.73 Å². The molecule has 0 aliphatic carbocycles. The first kappa shape index (κ1) is 11.4. The van der Waals surface area contributed by atoms with E-state index >= 15 is 0 Å². The molecule has 2 N–H and O–H groups in total. The average Bonchev–Trinajstić information content (AvgIpc) is 1.65. The van der Waals surface area contributed by atoms with Crippen LogP contribution in [0.5, 0.6) is 0 Å². The summed E-state index contributed by atoms with van der Waals surface area (Å²) in [4.78, 5) is 10.2. The van der Waals surface area contributed by atoms with Gasteiger partial charge in [0.1, 0.15) is 6.23 Å². The standard InChI is InChI=1S/C5H9NO2.BrH/c1-3-5(7)8-4(2)6;/h3-4H,1,6H2,2H3;1H. The summed E-state index contributed by atoms with van der Waals surface area (Å²) in [7, 11) is 0. The van der Waals surface area contributed by atoms with Gasteiger partial charge in [-0.1, -0.05) is 6.58 Å². The van der Waals surface area contributed by atoms with Gasteiger partial charge in [-0.2, -0.15) is 0 Å². The van der Waals surface area contributed by atoms with E-state index in [1.165, 1.54) is 0 Å². The second kappa shape index (κ2) is 5.78. The molecule has 9 heavy (non-hydrogen) atoms. The maximum atomic E-state index is 10.2. The summed E-state index contributed by atoms with van der Waals surface area (Å²) in [6.45, 7) is 4.75. The van der Waals surface area contributed by atoms with E-state index in [9.17, 15) is 4.79 Å². The van der Waals surface area contributed by atoms with Gasteiger partial charge in [0.2, 0.25) is 0 Å². The van der Waals surface area contributed by atoms with Crippen LogP contribution >= 0.6 is 17.0 Å². The van der Waals surface area contributed by atoms with E-state index in [1.54, 1.807) is 6.92 Å². The minimum Gasteiger partial charge on any atom is -0.444 e. The Kier molecular flexibility index (Phi) is 7.35. The Hall–Kier alpha value is -0.350. The van der Waals surface area contributed by atoms with Gasteiger partial charge in [-0.25, -0.2) is 4.79 Å². The second-order valence-corrected chi connectivity index (χ2v) is 1.35. The maximum absolute atomic E-state index is 10.2. The zero-order chi connectivity index (χ0) is 6.57. The molecule has 0 aromatic heterocycles. The van der Waals surface area contributed by atoms with Gasteiger partial charge < -0.3 is 4.74 Å². The van der Waals surface area contributed by atoms with Crippen molar-refractivity contribution < 1.29 is 9.53 Å². The highest BCUT2D eigenvalue weighted by molar-refractivity contribution is 8.93. The van der Waals surface area contributed by atoms with Crippen LogP contribution in [0.25, 0.3) is 0 Å². The van der Waals surface area contributed by atoms with Gasteiger partial charge >= 0.3 is 5.97 Å². The van der Waals surface area contributed by atoms with Gasteiger partial charge in [0.15, 0.2) is 0 Å². The zero-order valence-electron chi connectivity index (χ0n) is 5.16. The molecule has 0 fully saturated rings. The van der Waals surface area contributed by atoms with Crippen LogP contribution < -0.4 is 5.73 Å². The number of nitrogens with two attached hydrogens (primary N) is 1. The van der Waals surface area contributed by atoms with Gasteiger partial charge in [0.25, 0.3) is 0 Å². The van der Waals surface area contributed by atoms with E-state index in [-0.39, 0.29) is 17.0 Å². The van der Waals surface area contributed by atoms with Crippen LogP contribution in [0.4, 0.5) is 0 Å². The van der Waals surface area contributed by atoms with Crippen molar-refractivity contribution in [3.63, 3.8) is 0 Å². The Bertz CT molecular complexity index is 103. The first-order valence-electron chi connectivity index (χ1n) is 2.25. The van der Waals surface area contributed by atoms with Crippen LogP contribution in [0, 0.1) is 0 Å². The number of ether oxygens (including phenoxy) is 1. The fraction of sp³-hybridized carbons (Fsp3) is 0.400. The van der Waals surface area contributed by atoms with Crippen LogP contribution in [0.3, 0.4) is 0 Å². The van der Waals surface area contributed by atoms with E-state index in [1.807, 2.05) is 0 Å². The van der Waals surface area contributed by atoms with Crippen molar-refractivity contribution in [2.45, 2.75) is 13.2 Å². The molecule has 0 aliphatic rings. The molecule has 1 atom stereocenters. The number of hydrogen-bond donors (Lipinski definition) is 1. The molecular formula is C5H10BrNO2. The number of carbonyl (C=O) groups is 1. The van der Waals surface area contributed by atoms with Crippen molar-refractivity contribution in [1.82, 2.24) is 0 Å². The number of hydrogen-bond acceptors (Lipinski definition) is 3. The van der Waals surface area contributed by atoms with E-state index in [2.05, 4.69) is 11.3 Å². The SMILES string of the molecule is Br.C=CC(=O)OC(C)N. The Morgan fingerprint density at radius 1 is 1.89 bits per heavy atom. The van der Waals surface area contributed by atoms with Gasteiger partial charge in [-0.05, 0) is 6.92 Å². The second-order valence-electron chi connectivity index (χ2n) is 1.35. The number of carbonyl (C=O) groups excluding carboxylic acids is 1. The number of rotatable bonds is 2. The molecule has 0 saturated carbocycles. The molecule has 4 heteroatoms. The van der Waals surface area contributed by atoms with Gasteiger partial charge in [-0.3, -0.25) is 5.73 Å². The third kappa shape index (κ3) is 7.65. The average molecular weight is 196 g/mol. The van der Waals surface area contributed by atoms with Crippen molar-refractivity contribution in [2.75, 3.05) is 0 Å². The molecule has 0 amide bonds. The van der Waals surface area contributed by atoms with E-state index in [0.717, 1.165) is 6.08 Å². The minimum atomic E-state index is -0.541. The fourth-order valence-electron chi connectivity index (χ4n) is 0.231. The molecule has 1 unspecified atom stereocenters. The maximum Gasteiger partial charge on any atom is 0.331 e. The first-order chi connectivity index (χ1) is 3.66. The molecule has 0 saturated heterocycles. The summed E-state index contributed by atoms with van der Waals surface area (Å²) in [6.07, 6.45) is 0.532. The Morgan fingerprint density at radius 3 is 2.44 bits per heavy atom. The largest absolute Gasteiger partial charge is 0.444 e. The monoisotopic (exact) mass is 195 g/mol. The van der Waals surface area contributed by atoms with Gasteiger partial charge in [0.05, 0.1) is 0 Å². The van der Waals surface area contributed by atoms with Gasteiger partial charge in [0, 0.05) is 6.08 Å². The lowest BCUT2D eigenvalue weighted by atomic mass is 10.6. The van der Waals surface area contributed by atoms with Crippen LogP contribution in [0.2, 0.25) is 0 Å².